The van der Waals surface area contributed by atoms with E-state index in [9.17, 15) is 0 Å². The Morgan fingerprint density at radius 3 is 1.13 bits per heavy atom. The first-order chi connectivity index (χ1) is 11.4. The van der Waals surface area contributed by atoms with Gasteiger partial charge in [0.15, 0.2) is 0 Å². The second kappa shape index (κ2) is 6.30. The Bertz CT molecular complexity index is 649. The molecule has 116 valence electrons. The molecule has 0 saturated heterocycles. The van der Waals surface area contributed by atoms with Crippen LogP contribution in [-0.2, 0) is 0 Å². The first-order valence-corrected chi connectivity index (χ1v) is 10.7. The molecule has 0 aliphatic heterocycles. The fourth-order valence-electron chi connectivity index (χ4n) is 4.15. The van der Waals surface area contributed by atoms with Crippen LogP contribution in [0.3, 0.4) is 0 Å². The predicted molar refractivity (Wildman–Crippen MR) is 104 cm³/mol. The van der Waals surface area contributed by atoms with E-state index in [-0.39, 0.29) is 0 Å². The summed E-state index contributed by atoms with van der Waals surface area (Å²) in [7, 11) is -1.94. The molecule has 0 bridgehead atoms. The molecule has 0 amide bonds. The molecule has 0 spiro atoms. The number of benzene rings is 3. The van der Waals surface area contributed by atoms with E-state index in [1.54, 1.807) is 15.9 Å². The Kier molecular flexibility index (Phi) is 4.02. The minimum atomic E-state index is -1.94. The van der Waals surface area contributed by atoms with Gasteiger partial charge in [0.1, 0.15) is 0 Å². The van der Waals surface area contributed by atoms with Gasteiger partial charge in [-0.1, -0.05) is 0 Å². The van der Waals surface area contributed by atoms with E-state index in [1.165, 1.54) is 19.3 Å². The number of hydrogen-bond donors (Lipinski definition) is 0. The van der Waals surface area contributed by atoms with Gasteiger partial charge in [0.05, 0.1) is 0 Å². The summed E-state index contributed by atoms with van der Waals surface area (Å²) >= 11 is 0. The molecule has 0 N–H and O–H groups in total. The second-order valence-corrected chi connectivity index (χ2v) is 10.7. The van der Waals surface area contributed by atoms with Crippen molar-refractivity contribution in [3.8, 4) is 0 Å². The average molecular weight is 318 g/mol. The van der Waals surface area contributed by atoms with Crippen LogP contribution in [0.15, 0.2) is 91.0 Å². The molecule has 1 heteroatoms. The average Bonchev–Trinajstić information content (AvgIpc) is 2.60. The molecule has 0 aromatic heterocycles. The molecule has 23 heavy (non-hydrogen) atoms. The molecule has 0 nitrogen and oxygen atoms in total. The SMILES string of the molecule is c1ccc([PH](c2ccccc2)(c2ccccc2)C2CCC2)cc1. The minimum absolute atomic E-state index is 0.815. The van der Waals surface area contributed by atoms with Gasteiger partial charge in [-0.3, -0.25) is 0 Å². The summed E-state index contributed by atoms with van der Waals surface area (Å²) in [6.07, 6.45) is 4.11. The summed E-state index contributed by atoms with van der Waals surface area (Å²) in [5, 5.41) is 4.67. The molecule has 0 radical (unpaired) electrons. The Balaban J connectivity index is 2.02. The molecule has 1 aliphatic carbocycles. The van der Waals surface area contributed by atoms with Crippen LogP contribution in [0.25, 0.3) is 0 Å². The van der Waals surface area contributed by atoms with E-state index in [4.69, 9.17) is 0 Å². The molecule has 1 fully saturated rings. The van der Waals surface area contributed by atoms with Crippen LogP contribution >= 0.6 is 7.26 Å². The monoisotopic (exact) mass is 318 g/mol. The molecule has 4 rings (SSSR count). The summed E-state index contributed by atoms with van der Waals surface area (Å²) in [5.74, 6) is 0. The number of rotatable bonds is 4. The summed E-state index contributed by atoms with van der Waals surface area (Å²) in [6, 6.07) is 33.9. The quantitative estimate of drug-likeness (QED) is 0.630. The summed E-state index contributed by atoms with van der Waals surface area (Å²) in [4.78, 5) is 0. The summed E-state index contributed by atoms with van der Waals surface area (Å²) in [6.45, 7) is 0. The third kappa shape index (κ3) is 2.42. The van der Waals surface area contributed by atoms with Crippen LogP contribution in [0, 0.1) is 0 Å². The van der Waals surface area contributed by atoms with Crippen molar-refractivity contribution in [1.82, 2.24) is 0 Å². The molecule has 0 atom stereocenters. The Hall–Kier alpha value is -1.91. The molecule has 3 aromatic carbocycles. The first kappa shape index (κ1) is 14.7. The van der Waals surface area contributed by atoms with E-state index in [2.05, 4.69) is 91.0 Å². The van der Waals surface area contributed by atoms with Crippen LogP contribution in [-0.4, -0.2) is 5.66 Å². The fourth-order valence-corrected chi connectivity index (χ4v) is 9.99. The van der Waals surface area contributed by atoms with Crippen molar-refractivity contribution in [3.63, 3.8) is 0 Å². The summed E-state index contributed by atoms with van der Waals surface area (Å²) < 4.78 is 0. The van der Waals surface area contributed by atoms with E-state index >= 15 is 0 Å². The summed E-state index contributed by atoms with van der Waals surface area (Å²) in [5.41, 5.74) is 0.815. The zero-order chi connectivity index (χ0) is 15.5. The van der Waals surface area contributed by atoms with Crippen molar-refractivity contribution < 1.29 is 0 Å². The van der Waals surface area contributed by atoms with Crippen LogP contribution in [0.1, 0.15) is 19.3 Å². The van der Waals surface area contributed by atoms with Crippen molar-refractivity contribution >= 4 is 23.2 Å². The van der Waals surface area contributed by atoms with Crippen molar-refractivity contribution in [1.29, 1.82) is 0 Å². The molecule has 1 saturated carbocycles. The van der Waals surface area contributed by atoms with E-state index in [0.29, 0.717) is 0 Å². The van der Waals surface area contributed by atoms with Crippen molar-refractivity contribution in [2.24, 2.45) is 0 Å². The van der Waals surface area contributed by atoms with Gasteiger partial charge in [0.2, 0.25) is 0 Å². The maximum absolute atomic E-state index is 2.37. The number of hydrogen-bond acceptors (Lipinski definition) is 0. The zero-order valence-electron chi connectivity index (χ0n) is 13.4. The van der Waals surface area contributed by atoms with Gasteiger partial charge in [-0.05, 0) is 0 Å². The molecule has 1 aliphatic rings. The Morgan fingerprint density at radius 2 is 0.870 bits per heavy atom. The van der Waals surface area contributed by atoms with Crippen LogP contribution in [0.5, 0.6) is 0 Å². The van der Waals surface area contributed by atoms with Gasteiger partial charge in [0, 0.05) is 0 Å². The Morgan fingerprint density at radius 1 is 0.522 bits per heavy atom. The van der Waals surface area contributed by atoms with Crippen molar-refractivity contribution in [2.75, 3.05) is 0 Å². The molecule has 0 unspecified atom stereocenters. The van der Waals surface area contributed by atoms with E-state index in [0.717, 1.165) is 5.66 Å². The third-order valence-corrected chi connectivity index (χ3v) is 10.9. The molecule has 0 heterocycles. The standard InChI is InChI=1S/C22H23P/c1-4-11-19(12-5-1)23(22-17-10-18-22,20-13-6-2-7-14-20)21-15-8-3-9-16-21/h1-9,11-16,22-23H,10,17-18H2. The van der Waals surface area contributed by atoms with Gasteiger partial charge in [-0.15, -0.1) is 0 Å². The maximum atomic E-state index is 2.37. The first-order valence-electron chi connectivity index (χ1n) is 8.59. The van der Waals surface area contributed by atoms with E-state index < -0.39 is 7.26 Å². The van der Waals surface area contributed by atoms with Crippen LogP contribution in [0.4, 0.5) is 0 Å². The van der Waals surface area contributed by atoms with Gasteiger partial charge in [0.25, 0.3) is 0 Å². The van der Waals surface area contributed by atoms with Gasteiger partial charge < -0.3 is 0 Å². The zero-order valence-corrected chi connectivity index (χ0v) is 14.4. The van der Waals surface area contributed by atoms with Crippen LogP contribution in [0.2, 0.25) is 0 Å². The van der Waals surface area contributed by atoms with E-state index in [1.807, 2.05) is 0 Å². The molecular weight excluding hydrogens is 295 g/mol. The normalized spacial score (nSPS) is 15.8. The van der Waals surface area contributed by atoms with Gasteiger partial charge >= 0.3 is 139 Å². The Labute approximate surface area is 139 Å². The van der Waals surface area contributed by atoms with Crippen molar-refractivity contribution in [3.05, 3.63) is 91.0 Å². The third-order valence-electron chi connectivity index (χ3n) is 5.40. The van der Waals surface area contributed by atoms with Crippen molar-refractivity contribution in [2.45, 2.75) is 24.9 Å². The second-order valence-electron chi connectivity index (χ2n) is 6.53. The van der Waals surface area contributed by atoms with Gasteiger partial charge in [-0.25, -0.2) is 0 Å². The van der Waals surface area contributed by atoms with Gasteiger partial charge in [-0.2, -0.15) is 0 Å². The predicted octanol–water partition coefficient (Wildman–Crippen LogP) is 4.27. The topological polar surface area (TPSA) is 0 Å². The fraction of sp³-hybridized carbons (Fsp3) is 0.182. The molecule has 3 aromatic rings. The molecular formula is C22H23P. The van der Waals surface area contributed by atoms with Crippen LogP contribution < -0.4 is 15.9 Å².